The molecule has 4 aromatic rings. The fourth-order valence-corrected chi connectivity index (χ4v) is 5.43. The van der Waals surface area contributed by atoms with Gasteiger partial charge in [0, 0.05) is 0 Å². The van der Waals surface area contributed by atoms with E-state index in [4.69, 9.17) is 4.74 Å². The first kappa shape index (κ1) is 30.9. The summed E-state index contributed by atoms with van der Waals surface area (Å²) >= 11 is 0. The van der Waals surface area contributed by atoms with Gasteiger partial charge in [0.25, 0.3) is 21.8 Å². The maximum absolute atomic E-state index is 13.4. The van der Waals surface area contributed by atoms with Crippen LogP contribution in [-0.4, -0.2) is 39.6 Å². The molecule has 0 unspecified atom stereocenters. The Morgan fingerprint density at radius 2 is 1.56 bits per heavy atom. The summed E-state index contributed by atoms with van der Waals surface area (Å²) in [5.41, 5.74) is 5.14. The lowest BCUT2D eigenvalue weighted by atomic mass is 10.1. The van der Waals surface area contributed by atoms with Crippen LogP contribution in [0.15, 0.2) is 113 Å². The molecule has 4 rings (SSSR count). The summed E-state index contributed by atoms with van der Waals surface area (Å²) in [6, 6.07) is 27.1. The number of sulfonamides is 1. The topological polar surface area (TPSA) is 117 Å². The Labute approximate surface area is 250 Å². The number of hydrogen-bond acceptors (Lipinski definition) is 6. The number of nitrogens with zero attached hydrogens (tertiary/aromatic N) is 2. The quantitative estimate of drug-likeness (QED) is 0.180. The predicted octanol–water partition coefficient (Wildman–Crippen LogP) is 4.74. The molecule has 222 valence electrons. The third kappa shape index (κ3) is 8.73. The fourth-order valence-electron chi connectivity index (χ4n) is 4.01. The molecular weight excluding hydrogens is 571 g/mol. The molecule has 0 aromatic heterocycles. The maximum Gasteiger partial charge on any atom is 0.264 e. The summed E-state index contributed by atoms with van der Waals surface area (Å²) in [5, 5.41) is 6.82. The Morgan fingerprint density at radius 1 is 0.907 bits per heavy atom. The predicted molar refractivity (Wildman–Crippen MR) is 163 cm³/mol. The fraction of sp³-hybridized carbons (Fsp3) is 0.156. The normalized spacial score (nSPS) is 12.0. The van der Waals surface area contributed by atoms with E-state index in [-0.39, 0.29) is 29.1 Å². The average Bonchev–Trinajstić information content (AvgIpc) is 3.00. The molecule has 0 aliphatic carbocycles. The second-order valence-electron chi connectivity index (χ2n) is 9.65. The Balaban J connectivity index is 1.33. The number of aryl methyl sites for hydroxylation is 1. The summed E-state index contributed by atoms with van der Waals surface area (Å²) in [5.74, 6) is -1.04. The number of hydrazone groups is 1. The molecule has 0 aliphatic rings. The standard InChI is InChI=1S/C32H31FN4O5S/c1-23-8-14-28(15-9-23)37(43(40,41)30-18-12-27(33)13-19-30)21-31(38)36-34-20-25-10-16-29(17-11-25)42-22-32(39)35-24(2)26-6-4-3-5-7-26/h3-20,24H,21-22H2,1-2H3,(H,35,39)(H,36,38)/b34-20-/t24-/m0/s1. The van der Waals surface area contributed by atoms with Crippen molar-refractivity contribution < 1.29 is 27.1 Å². The number of carbonyl (C=O) groups excluding carboxylic acids is 2. The van der Waals surface area contributed by atoms with Gasteiger partial charge < -0.3 is 10.1 Å². The Bertz CT molecular complexity index is 1660. The number of benzene rings is 4. The Hall–Kier alpha value is -5.03. The number of amides is 2. The third-order valence-corrected chi connectivity index (χ3v) is 8.13. The highest BCUT2D eigenvalue weighted by Gasteiger charge is 2.27. The minimum Gasteiger partial charge on any atom is -0.484 e. The third-order valence-electron chi connectivity index (χ3n) is 6.34. The van der Waals surface area contributed by atoms with Crippen molar-refractivity contribution in [3.05, 3.63) is 126 Å². The lowest BCUT2D eigenvalue weighted by molar-refractivity contribution is -0.123. The molecule has 0 fully saturated rings. The van der Waals surface area contributed by atoms with Crippen LogP contribution in [0, 0.1) is 12.7 Å². The molecule has 0 saturated carbocycles. The van der Waals surface area contributed by atoms with Crippen molar-refractivity contribution in [3.63, 3.8) is 0 Å². The number of carbonyl (C=O) groups is 2. The molecule has 0 heterocycles. The van der Waals surface area contributed by atoms with E-state index in [2.05, 4.69) is 15.8 Å². The van der Waals surface area contributed by atoms with Gasteiger partial charge in [-0.05, 0) is 85.6 Å². The molecule has 0 saturated heterocycles. The van der Waals surface area contributed by atoms with E-state index in [1.54, 1.807) is 48.5 Å². The van der Waals surface area contributed by atoms with Gasteiger partial charge in [-0.3, -0.25) is 13.9 Å². The largest absolute Gasteiger partial charge is 0.484 e. The highest BCUT2D eigenvalue weighted by Crippen LogP contribution is 2.24. The molecule has 0 bridgehead atoms. The van der Waals surface area contributed by atoms with E-state index < -0.39 is 28.3 Å². The Morgan fingerprint density at radius 3 is 2.21 bits per heavy atom. The molecule has 2 amide bonds. The minimum atomic E-state index is -4.18. The Kier molecular flexibility index (Phi) is 10.2. The number of nitrogens with one attached hydrogen (secondary N) is 2. The van der Waals surface area contributed by atoms with Crippen LogP contribution in [0.5, 0.6) is 5.75 Å². The van der Waals surface area contributed by atoms with E-state index in [1.807, 2.05) is 44.2 Å². The first-order valence-electron chi connectivity index (χ1n) is 13.4. The lowest BCUT2D eigenvalue weighted by Gasteiger charge is -2.23. The molecular formula is C32H31FN4O5S. The van der Waals surface area contributed by atoms with Crippen molar-refractivity contribution >= 4 is 33.7 Å². The van der Waals surface area contributed by atoms with E-state index in [9.17, 15) is 22.4 Å². The number of ether oxygens (including phenoxy) is 1. The van der Waals surface area contributed by atoms with Crippen LogP contribution in [0.4, 0.5) is 10.1 Å². The number of halogens is 1. The van der Waals surface area contributed by atoms with Gasteiger partial charge in [-0.2, -0.15) is 5.10 Å². The van der Waals surface area contributed by atoms with E-state index in [0.717, 1.165) is 39.7 Å². The van der Waals surface area contributed by atoms with E-state index in [1.165, 1.54) is 6.21 Å². The van der Waals surface area contributed by atoms with Gasteiger partial charge in [0.15, 0.2) is 6.61 Å². The monoisotopic (exact) mass is 602 g/mol. The zero-order chi connectivity index (χ0) is 30.8. The zero-order valence-corrected chi connectivity index (χ0v) is 24.4. The first-order chi connectivity index (χ1) is 20.6. The summed E-state index contributed by atoms with van der Waals surface area (Å²) in [6.45, 7) is 3.04. The summed E-state index contributed by atoms with van der Waals surface area (Å²) < 4.78 is 46.6. The van der Waals surface area contributed by atoms with Crippen molar-refractivity contribution in [2.45, 2.75) is 24.8 Å². The van der Waals surface area contributed by atoms with Crippen molar-refractivity contribution in [3.8, 4) is 5.75 Å². The smallest absolute Gasteiger partial charge is 0.264 e. The van der Waals surface area contributed by atoms with Gasteiger partial charge in [-0.15, -0.1) is 0 Å². The summed E-state index contributed by atoms with van der Waals surface area (Å²) in [6.07, 6.45) is 1.39. The van der Waals surface area contributed by atoms with Gasteiger partial charge in [0.05, 0.1) is 22.8 Å². The van der Waals surface area contributed by atoms with Crippen molar-refractivity contribution in [1.29, 1.82) is 0 Å². The highest BCUT2D eigenvalue weighted by molar-refractivity contribution is 7.92. The molecule has 1 atom stereocenters. The molecule has 11 heteroatoms. The molecule has 9 nitrogen and oxygen atoms in total. The van der Waals surface area contributed by atoms with E-state index >= 15 is 0 Å². The van der Waals surface area contributed by atoms with Crippen LogP contribution in [0.3, 0.4) is 0 Å². The van der Waals surface area contributed by atoms with Crippen molar-refractivity contribution in [2.75, 3.05) is 17.5 Å². The van der Waals surface area contributed by atoms with Gasteiger partial charge >= 0.3 is 0 Å². The minimum absolute atomic E-state index is 0.154. The van der Waals surface area contributed by atoms with Crippen LogP contribution < -0.4 is 19.8 Å². The second-order valence-corrected chi connectivity index (χ2v) is 11.5. The average molecular weight is 603 g/mol. The van der Waals surface area contributed by atoms with Gasteiger partial charge in [0.1, 0.15) is 18.1 Å². The first-order valence-corrected chi connectivity index (χ1v) is 14.8. The van der Waals surface area contributed by atoms with Crippen LogP contribution in [0.25, 0.3) is 0 Å². The van der Waals surface area contributed by atoms with Crippen LogP contribution in [0.2, 0.25) is 0 Å². The second kappa shape index (κ2) is 14.2. The van der Waals surface area contributed by atoms with Crippen LogP contribution in [-0.2, 0) is 19.6 Å². The van der Waals surface area contributed by atoms with Crippen molar-refractivity contribution in [1.82, 2.24) is 10.7 Å². The maximum atomic E-state index is 13.4. The van der Waals surface area contributed by atoms with E-state index in [0.29, 0.717) is 11.3 Å². The molecule has 0 radical (unpaired) electrons. The van der Waals surface area contributed by atoms with Crippen LogP contribution >= 0.6 is 0 Å². The lowest BCUT2D eigenvalue weighted by Crippen LogP contribution is -2.39. The summed E-state index contributed by atoms with van der Waals surface area (Å²) in [7, 11) is -4.18. The number of anilines is 1. The van der Waals surface area contributed by atoms with Gasteiger partial charge in [0.2, 0.25) is 0 Å². The number of hydrogen-bond donors (Lipinski definition) is 2. The van der Waals surface area contributed by atoms with Crippen LogP contribution in [0.1, 0.15) is 29.7 Å². The molecule has 4 aromatic carbocycles. The molecule has 2 N–H and O–H groups in total. The molecule has 0 aliphatic heterocycles. The highest BCUT2D eigenvalue weighted by atomic mass is 32.2. The molecule has 43 heavy (non-hydrogen) atoms. The van der Waals surface area contributed by atoms with Gasteiger partial charge in [-0.25, -0.2) is 18.2 Å². The SMILES string of the molecule is Cc1ccc(N(CC(=O)N/N=C\c2ccc(OCC(=O)N[C@@H](C)c3ccccc3)cc2)S(=O)(=O)c2ccc(F)cc2)cc1. The van der Waals surface area contributed by atoms with Gasteiger partial charge in [-0.1, -0.05) is 48.0 Å². The molecule has 0 spiro atoms. The number of rotatable bonds is 12. The van der Waals surface area contributed by atoms with Crippen molar-refractivity contribution in [2.24, 2.45) is 5.10 Å². The summed E-state index contributed by atoms with van der Waals surface area (Å²) in [4.78, 5) is 24.8. The zero-order valence-electron chi connectivity index (χ0n) is 23.6.